The van der Waals surface area contributed by atoms with Gasteiger partial charge < -0.3 is 16.0 Å². The second-order valence-electron chi connectivity index (χ2n) is 8.73. The van der Waals surface area contributed by atoms with E-state index in [4.69, 9.17) is 5.73 Å². The molecule has 0 saturated carbocycles. The van der Waals surface area contributed by atoms with Crippen molar-refractivity contribution in [2.45, 2.75) is 31.8 Å². The van der Waals surface area contributed by atoms with Crippen LogP contribution >= 0.6 is 0 Å². The number of piperidine rings is 1. The van der Waals surface area contributed by atoms with E-state index < -0.39 is 5.69 Å². The number of nitrogens with two attached hydrogens (primary N) is 1. The first-order valence-electron chi connectivity index (χ1n) is 10.9. The molecule has 31 heavy (non-hydrogen) atoms. The van der Waals surface area contributed by atoms with E-state index in [9.17, 15) is 9.59 Å². The van der Waals surface area contributed by atoms with Crippen LogP contribution in [0.1, 0.15) is 25.3 Å². The number of hydrogen-bond acceptors (Lipinski definition) is 6. The second kappa shape index (κ2) is 9.17. The van der Waals surface area contributed by atoms with Gasteiger partial charge in [0.25, 0.3) is 0 Å². The van der Waals surface area contributed by atoms with Gasteiger partial charge in [-0.15, -0.1) is 0 Å². The Hall–Kier alpha value is -2.75. The molecule has 0 atom stereocenters. The predicted octanol–water partition coefficient (Wildman–Crippen LogP) is 0.983. The van der Waals surface area contributed by atoms with Crippen LogP contribution in [0.4, 0.5) is 10.6 Å². The van der Waals surface area contributed by atoms with Gasteiger partial charge in [0, 0.05) is 57.5 Å². The lowest BCUT2D eigenvalue weighted by Crippen LogP contribution is -2.48. The van der Waals surface area contributed by atoms with E-state index in [1.165, 1.54) is 4.57 Å². The Bertz CT molecular complexity index is 972. The number of nitrogens with one attached hydrogen (secondary N) is 2. The summed E-state index contributed by atoms with van der Waals surface area (Å²) in [5, 5.41) is 5.92. The van der Waals surface area contributed by atoms with Gasteiger partial charge in [0.1, 0.15) is 5.82 Å². The number of hydrogen-bond donors (Lipinski definition) is 3. The summed E-state index contributed by atoms with van der Waals surface area (Å²) in [7, 11) is 0. The number of urea groups is 1. The van der Waals surface area contributed by atoms with Crippen molar-refractivity contribution in [1.29, 1.82) is 0 Å². The first kappa shape index (κ1) is 21.5. The number of nitrogens with zero attached hydrogens (tertiary/aromatic N) is 4. The Morgan fingerprint density at radius 1 is 1.19 bits per heavy atom. The number of anilines is 1. The van der Waals surface area contributed by atoms with Crippen molar-refractivity contribution in [1.82, 2.24) is 24.7 Å². The number of carbonyl (C=O) groups is 1. The maximum absolute atomic E-state index is 12.6. The molecule has 1 aromatic carbocycles. The number of benzene rings is 1. The highest BCUT2D eigenvalue weighted by atomic mass is 16.2. The largest absolute Gasteiger partial charge is 0.354 e. The number of amides is 2. The summed E-state index contributed by atoms with van der Waals surface area (Å²) >= 11 is 0. The molecule has 4 N–H and O–H groups in total. The Kier molecular flexibility index (Phi) is 6.35. The van der Waals surface area contributed by atoms with Gasteiger partial charge in [-0.05, 0) is 43.5 Å². The van der Waals surface area contributed by atoms with Crippen LogP contribution in [0.15, 0.2) is 41.3 Å². The molecule has 9 heteroatoms. The van der Waals surface area contributed by atoms with Gasteiger partial charge in [-0.2, -0.15) is 4.98 Å². The average molecular weight is 426 g/mol. The van der Waals surface area contributed by atoms with Gasteiger partial charge in [-0.3, -0.25) is 14.8 Å². The summed E-state index contributed by atoms with van der Waals surface area (Å²) < 4.78 is 1.50. The van der Waals surface area contributed by atoms with Crippen molar-refractivity contribution in [3.8, 4) is 5.69 Å². The van der Waals surface area contributed by atoms with Crippen molar-refractivity contribution < 1.29 is 4.79 Å². The standard InChI is InChI=1S/C22H31N7O2/c1-22(23)6-11-27(12-7-22)16-17-3-2-4-18(15-17)29-10-5-19(26-21(29)31)25-20(30)28-13-8-24-9-14-28/h2-5,10,15,24H,6-9,11-14,16,23H2,1H3,(H,25,26,30,31). The minimum absolute atomic E-state index is 0.0701. The van der Waals surface area contributed by atoms with Crippen molar-refractivity contribution in [3.05, 3.63) is 52.6 Å². The third-order valence-electron chi connectivity index (χ3n) is 6.04. The van der Waals surface area contributed by atoms with Gasteiger partial charge in [0.05, 0.1) is 5.69 Å². The predicted molar refractivity (Wildman–Crippen MR) is 120 cm³/mol. The summed E-state index contributed by atoms with van der Waals surface area (Å²) in [6.45, 7) is 7.68. The topological polar surface area (TPSA) is 109 Å². The zero-order chi connectivity index (χ0) is 21.8. The van der Waals surface area contributed by atoms with Crippen molar-refractivity contribution >= 4 is 11.8 Å². The normalized spacial score (nSPS) is 19.2. The van der Waals surface area contributed by atoms with Gasteiger partial charge in [0.15, 0.2) is 0 Å². The number of likely N-dealkylation sites (tertiary alicyclic amines) is 1. The lowest BCUT2D eigenvalue weighted by Gasteiger charge is -2.36. The molecule has 0 unspecified atom stereocenters. The third-order valence-corrected chi connectivity index (χ3v) is 6.04. The molecular formula is C22H31N7O2. The van der Waals surface area contributed by atoms with Crippen LogP contribution in [0.2, 0.25) is 0 Å². The Morgan fingerprint density at radius 3 is 2.65 bits per heavy atom. The molecule has 3 heterocycles. The molecule has 2 aliphatic rings. The Morgan fingerprint density at radius 2 is 1.94 bits per heavy atom. The molecule has 2 aliphatic heterocycles. The minimum Gasteiger partial charge on any atom is -0.325 e. The Balaban J connectivity index is 1.43. The molecule has 0 spiro atoms. The van der Waals surface area contributed by atoms with E-state index >= 15 is 0 Å². The van der Waals surface area contributed by atoms with Crippen LogP contribution in [0, 0.1) is 0 Å². The number of rotatable bonds is 4. The van der Waals surface area contributed by atoms with E-state index in [1.807, 2.05) is 18.2 Å². The van der Waals surface area contributed by atoms with Gasteiger partial charge in [-0.25, -0.2) is 9.59 Å². The average Bonchev–Trinajstić information content (AvgIpc) is 2.76. The highest BCUT2D eigenvalue weighted by molar-refractivity contribution is 5.88. The zero-order valence-electron chi connectivity index (χ0n) is 18.0. The molecule has 0 radical (unpaired) electrons. The molecule has 166 valence electrons. The summed E-state index contributed by atoms with van der Waals surface area (Å²) in [6.07, 6.45) is 3.62. The second-order valence-corrected chi connectivity index (χ2v) is 8.73. The zero-order valence-corrected chi connectivity index (χ0v) is 18.0. The molecule has 2 saturated heterocycles. The van der Waals surface area contributed by atoms with Crippen LogP contribution < -0.4 is 22.1 Å². The Labute approximate surface area is 182 Å². The van der Waals surface area contributed by atoms with Crippen molar-refractivity contribution in [2.75, 3.05) is 44.6 Å². The van der Waals surface area contributed by atoms with Gasteiger partial charge >= 0.3 is 11.7 Å². The highest BCUT2D eigenvalue weighted by Gasteiger charge is 2.25. The quantitative estimate of drug-likeness (QED) is 0.674. The van der Waals surface area contributed by atoms with Crippen LogP contribution in [0.3, 0.4) is 0 Å². The number of piperazine rings is 1. The maximum Gasteiger partial charge on any atom is 0.354 e. The maximum atomic E-state index is 12.6. The minimum atomic E-state index is -0.424. The first-order chi connectivity index (χ1) is 14.9. The van der Waals surface area contributed by atoms with Crippen molar-refractivity contribution in [2.24, 2.45) is 5.73 Å². The van der Waals surface area contributed by atoms with Crippen LogP contribution in [-0.4, -0.2) is 70.2 Å². The molecule has 9 nitrogen and oxygen atoms in total. The summed E-state index contributed by atoms with van der Waals surface area (Å²) in [5.41, 5.74) is 7.64. The van der Waals surface area contributed by atoms with E-state index in [1.54, 1.807) is 17.2 Å². The smallest absolute Gasteiger partial charge is 0.325 e. The van der Waals surface area contributed by atoms with Crippen molar-refractivity contribution in [3.63, 3.8) is 0 Å². The SMILES string of the molecule is CC1(N)CCN(Cc2cccc(-n3ccc(NC(=O)N4CCNCC4)nc3=O)c2)CC1. The van der Waals surface area contributed by atoms with Crippen LogP contribution in [-0.2, 0) is 6.54 Å². The molecule has 2 amide bonds. The molecule has 1 aromatic heterocycles. The van der Waals surface area contributed by atoms with E-state index in [0.717, 1.165) is 56.8 Å². The van der Waals surface area contributed by atoms with Crippen LogP contribution in [0.25, 0.3) is 5.69 Å². The number of carbonyl (C=O) groups excluding carboxylic acids is 1. The van der Waals surface area contributed by atoms with Crippen LogP contribution in [0.5, 0.6) is 0 Å². The van der Waals surface area contributed by atoms with Gasteiger partial charge in [-0.1, -0.05) is 12.1 Å². The summed E-state index contributed by atoms with van der Waals surface area (Å²) in [6, 6.07) is 9.34. The van der Waals surface area contributed by atoms with E-state index in [0.29, 0.717) is 13.1 Å². The fraction of sp³-hybridized carbons (Fsp3) is 0.500. The molecular weight excluding hydrogens is 394 g/mol. The molecule has 4 rings (SSSR count). The first-order valence-corrected chi connectivity index (χ1v) is 10.9. The van der Waals surface area contributed by atoms with Gasteiger partial charge in [0.2, 0.25) is 0 Å². The third kappa shape index (κ3) is 5.49. The highest BCUT2D eigenvalue weighted by Crippen LogP contribution is 2.21. The molecule has 2 fully saturated rings. The summed E-state index contributed by atoms with van der Waals surface area (Å²) in [5.74, 6) is 0.263. The fourth-order valence-electron chi connectivity index (χ4n) is 4.01. The monoisotopic (exact) mass is 425 g/mol. The molecule has 0 aliphatic carbocycles. The number of aromatic nitrogens is 2. The molecule has 2 aromatic rings. The van der Waals surface area contributed by atoms with E-state index in [-0.39, 0.29) is 17.4 Å². The summed E-state index contributed by atoms with van der Waals surface area (Å²) in [4.78, 5) is 33.1. The lowest BCUT2D eigenvalue weighted by atomic mass is 9.91. The molecule has 0 bridgehead atoms. The van der Waals surface area contributed by atoms with E-state index in [2.05, 4.69) is 33.5 Å². The fourth-order valence-corrected chi connectivity index (χ4v) is 4.01. The lowest BCUT2D eigenvalue weighted by molar-refractivity contribution is 0.165.